The van der Waals surface area contributed by atoms with Gasteiger partial charge in [-0.05, 0) is 42.5 Å². The van der Waals surface area contributed by atoms with Crippen LogP contribution in [0.2, 0.25) is 0 Å². The van der Waals surface area contributed by atoms with Gasteiger partial charge in [0, 0.05) is 11.4 Å². The van der Waals surface area contributed by atoms with Crippen molar-refractivity contribution in [2.75, 3.05) is 6.54 Å². The molecule has 0 spiro atoms. The molecule has 1 aromatic heterocycles. The summed E-state index contributed by atoms with van der Waals surface area (Å²) in [7, 11) is 0. The molecule has 1 unspecified atom stereocenters. The lowest BCUT2D eigenvalue weighted by Crippen LogP contribution is -2.46. The summed E-state index contributed by atoms with van der Waals surface area (Å²) >= 11 is 1.30. The van der Waals surface area contributed by atoms with E-state index in [2.05, 4.69) is 6.92 Å². The Hall–Kier alpha value is -2.18. The summed E-state index contributed by atoms with van der Waals surface area (Å²) in [6.45, 7) is 2.83. The fraction of sp³-hybridized carbons (Fsp3) is 0.478. The normalized spacial score (nSPS) is 17.2. The maximum absolute atomic E-state index is 12.1. The van der Waals surface area contributed by atoms with Crippen LogP contribution in [0.3, 0.4) is 0 Å². The van der Waals surface area contributed by atoms with Crippen LogP contribution in [0.25, 0.3) is 0 Å². The van der Waals surface area contributed by atoms with Crippen molar-refractivity contribution in [3.8, 4) is 0 Å². The molecule has 2 heterocycles. The first-order valence-corrected chi connectivity index (χ1v) is 11.2. The Kier molecular flexibility index (Phi) is 7.45. The first-order chi connectivity index (χ1) is 14.0. The van der Waals surface area contributed by atoms with E-state index in [0.29, 0.717) is 17.8 Å². The molecule has 0 radical (unpaired) electrons. The average molecular weight is 416 g/mol. The van der Waals surface area contributed by atoms with E-state index in [1.54, 1.807) is 6.07 Å². The van der Waals surface area contributed by atoms with Crippen LogP contribution in [0.5, 0.6) is 0 Å². The zero-order chi connectivity index (χ0) is 20.8. The van der Waals surface area contributed by atoms with Gasteiger partial charge in [-0.1, -0.05) is 50.5 Å². The van der Waals surface area contributed by atoms with Gasteiger partial charge in [0.1, 0.15) is 4.88 Å². The summed E-state index contributed by atoms with van der Waals surface area (Å²) < 4.78 is 0. The third-order valence-corrected chi connectivity index (χ3v) is 6.68. The molecule has 0 bridgehead atoms. The first kappa shape index (κ1) is 21.5. The summed E-state index contributed by atoms with van der Waals surface area (Å²) in [6, 6.07) is 11.6. The Labute approximate surface area is 176 Å². The molecular weight excluding hydrogens is 386 g/mol. The number of β-lactam (4-membered cyclic amide) rings is 1. The Balaban J connectivity index is 1.51. The third kappa shape index (κ3) is 5.46. The number of nitrogens with zero attached hydrogens (tertiary/aromatic N) is 1. The summed E-state index contributed by atoms with van der Waals surface area (Å²) in [5.41, 5.74) is 2.05. The molecule has 2 aromatic rings. The van der Waals surface area contributed by atoms with E-state index in [1.807, 2.05) is 35.2 Å². The molecule has 1 aliphatic rings. The van der Waals surface area contributed by atoms with Crippen LogP contribution in [0.1, 0.15) is 83.3 Å². The van der Waals surface area contributed by atoms with Gasteiger partial charge in [0.05, 0.1) is 18.6 Å². The van der Waals surface area contributed by atoms with Crippen molar-refractivity contribution in [1.29, 1.82) is 0 Å². The number of carboxylic acids is 1. The van der Waals surface area contributed by atoms with Crippen LogP contribution in [0.4, 0.5) is 0 Å². The number of unbranched alkanes of at least 4 members (excludes halogenated alkanes) is 2. The smallest absolute Gasteiger partial charge is 0.345 e. The van der Waals surface area contributed by atoms with Gasteiger partial charge >= 0.3 is 5.97 Å². The maximum atomic E-state index is 12.1. The van der Waals surface area contributed by atoms with Gasteiger partial charge in [-0.25, -0.2) is 4.79 Å². The number of carboxylic acid groups (broad SMARTS) is 1. The molecule has 2 N–H and O–H groups in total. The number of aliphatic hydroxyl groups is 1. The highest BCUT2D eigenvalue weighted by atomic mass is 32.1. The second kappa shape index (κ2) is 10.0. The summed E-state index contributed by atoms with van der Waals surface area (Å²) in [5, 5.41) is 19.3. The average Bonchev–Trinajstić information content (AvgIpc) is 3.19. The number of benzene rings is 1. The SMILES string of the molecule is CCCCCC(O)c1ccc([C@H]2CC(=O)N2CCCc2ccc(C(=O)O)s2)cc1. The summed E-state index contributed by atoms with van der Waals surface area (Å²) in [5.74, 6) is -0.728. The number of aryl methyl sites for hydroxylation is 1. The topological polar surface area (TPSA) is 77.8 Å². The second-order valence-electron chi connectivity index (χ2n) is 7.66. The molecule has 6 heteroatoms. The fourth-order valence-corrected chi connectivity index (χ4v) is 4.67. The minimum absolute atomic E-state index is 0.103. The van der Waals surface area contributed by atoms with Gasteiger partial charge in [-0.2, -0.15) is 0 Å². The minimum Gasteiger partial charge on any atom is -0.477 e. The van der Waals surface area contributed by atoms with Crippen LogP contribution in [-0.4, -0.2) is 33.5 Å². The number of thiophene rings is 1. The van der Waals surface area contributed by atoms with Gasteiger partial charge in [-0.15, -0.1) is 11.3 Å². The zero-order valence-corrected chi connectivity index (χ0v) is 17.7. The molecule has 0 aliphatic carbocycles. The van der Waals surface area contributed by atoms with E-state index >= 15 is 0 Å². The van der Waals surface area contributed by atoms with E-state index in [4.69, 9.17) is 5.11 Å². The lowest BCUT2D eigenvalue weighted by Gasteiger charge is -2.41. The Morgan fingerprint density at radius 3 is 2.55 bits per heavy atom. The van der Waals surface area contributed by atoms with Crippen molar-refractivity contribution in [3.63, 3.8) is 0 Å². The van der Waals surface area contributed by atoms with E-state index in [9.17, 15) is 14.7 Å². The molecule has 156 valence electrons. The van der Waals surface area contributed by atoms with Crippen molar-refractivity contribution in [3.05, 3.63) is 57.3 Å². The predicted octanol–water partition coefficient (Wildman–Crippen LogP) is 4.97. The van der Waals surface area contributed by atoms with Gasteiger partial charge in [0.25, 0.3) is 0 Å². The van der Waals surface area contributed by atoms with Crippen molar-refractivity contribution in [2.24, 2.45) is 0 Å². The van der Waals surface area contributed by atoms with E-state index in [0.717, 1.165) is 54.5 Å². The second-order valence-corrected chi connectivity index (χ2v) is 8.83. The standard InChI is InChI=1S/C23H29NO4S/c1-2-3-4-7-20(25)17-10-8-16(9-11-17)19-15-22(26)24(19)14-5-6-18-12-13-21(29-18)23(27)28/h8-13,19-20,25H,2-7,14-15H2,1H3,(H,27,28)/t19-,20?/m1/s1. The molecule has 1 fully saturated rings. The monoisotopic (exact) mass is 415 g/mol. The molecule has 1 aromatic carbocycles. The molecule has 1 amide bonds. The van der Waals surface area contributed by atoms with Gasteiger partial charge in [0.2, 0.25) is 5.91 Å². The van der Waals surface area contributed by atoms with Crippen molar-refractivity contribution >= 4 is 23.2 Å². The highest BCUT2D eigenvalue weighted by Crippen LogP contribution is 2.35. The number of aromatic carboxylic acids is 1. The van der Waals surface area contributed by atoms with E-state index < -0.39 is 12.1 Å². The Bertz CT molecular complexity index is 830. The quantitative estimate of drug-likeness (QED) is 0.401. The van der Waals surface area contributed by atoms with E-state index in [-0.39, 0.29) is 11.9 Å². The first-order valence-electron chi connectivity index (χ1n) is 10.4. The van der Waals surface area contributed by atoms with Crippen LogP contribution >= 0.6 is 11.3 Å². The minimum atomic E-state index is -0.891. The lowest BCUT2D eigenvalue weighted by atomic mass is 9.92. The molecule has 5 nitrogen and oxygen atoms in total. The van der Waals surface area contributed by atoms with Crippen molar-refractivity contribution in [2.45, 2.75) is 64.0 Å². The molecule has 1 saturated heterocycles. The van der Waals surface area contributed by atoms with Gasteiger partial charge < -0.3 is 15.1 Å². The number of carbonyl (C=O) groups is 2. The summed E-state index contributed by atoms with van der Waals surface area (Å²) in [6.07, 6.45) is 5.79. The van der Waals surface area contributed by atoms with Crippen LogP contribution < -0.4 is 0 Å². The van der Waals surface area contributed by atoms with Gasteiger partial charge in [0.15, 0.2) is 0 Å². The third-order valence-electron chi connectivity index (χ3n) is 5.55. The molecule has 2 atom stereocenters. The van der Waals surface area contributed by atoms with Gasteiger partial charge in [-0.3, -0.25) is 4.79 Å². The predicted molar refractivity (Wildman–Crippen MR) is 114 cm³/mol. The maximum Gasteiger partial charge on any atom is 0.345 e. The molecular formula is C23H29NO4S. The number of rotatable bonds is 11. The van der Waals surface area contributed by atoms with Crippen LogP contribution in [0.15, 0.2) is 36.4 Å². The van der Waals surface area contributed by atoms with Crippen LogP contribution in [-0.2, 0) is 11.2 Å². The Morgan fingerprint density at radius 1 is 1.17 bits per heavy atom. The number of amides is 1. The fourth-order valence-electron chi connectivity index (χ4n) is 3.78. The van der Waals surface area contributed by atoms with Crippen LogP contribution in [0, 0.1) is 0 Å². The Morgan fingerprint density at radius 2 is 1.93 bits per heavy atom. The molecule has 1 aliphatic heterocycles. The number of hydrogen-bond acceptors (Lipinski definition) is 4. The molecule has 29 heavy (non-hydrogen) atoms. The largest absolute Gasteiger partial charge is 0.477 e. The zero-order valence-electron chi connectivity index (χ0n) is 16.8. The number of carbonyl (C=O) groups excluding carboxylic acids is 1. The lowest BCUT2D eigenvalue weighted by molar-refractivity contribution is -0.146. The number of hydrogen-bond donors (Lipinski definition) is 2. The molecule has 0 saturated carbocycles. The summed E-state index contributed by atoms with van der Waals surface area (Å²) in [4.78, 5) is 26.3. The number of likely N-dealkylation sites (tertiary alicyclic amines) is 1. The highest BCUT2D eigenvalue weighted by molar-refractivity contribution is 7.13. The van der Waals surface area contributed by atoms with Crippen molar-refractivity contribution in [1.82, 2.24) is 4.90 Å². The number of aliphatic hydroxyl groups excluding tert-OH is 1. The highest BCUT2D eigenvalue weighted by Gasteiger charge is 2.36. The van der Waals surface area contributed by atoms with Crippen molar-refractivity contribution < 1.29 is 19.8 Å². The van der Waals surface area contributed by atoms with E-state index in [1.165, 1.54) is 11.3 Å². The molecule has 3 rings (SSSR count).